The van der Waals surface area contributed by atoms with E-state index in [1.165, 1.54) is 5.56 Å². The molecule has 0 unspecified atom stereocenters. The molecule has 0 saturated carbocycles. The van der Waals surface area contributed by atoms with Crippen LogP contribution in [0.15, 0.2) is 217 Å². The lowest BCUT2D eigenvalue weighted by molar-refractivity contribution is 0.669. The van der Waals surface area contributed by atoms with E-state index in [2.05, 4.69) is 169 Å². The summed E-state index contributed by atoms with van der Waals surface area (Å²) in [5.74, 6) is 0.663. The Kier molecular flexibility index (Phi) is 8.47. The molecule has 10 rings (SSSR count). The molecule has 0 saturated heterocycles. The summed E-state index contributed by atoms with van der Waals surface area (Å²) in [4.78, 5) is 12.8. The molecule has 0 spiro atoms. The van der Waals surface area contributed by atoms with Crippen molar-refractivity contribution in [2.45, 2.75) is 0 Å². The number of hydrogen-bond acceptors (Lipinski definition) is 4. The van der Waals surface area contributed by atoms with Gasteiger partial charge in [-0.1, -0.05) is 170 Å². The van der Waals surface area contributed by atoms with E-state index in [1.54, 1.807) is 0 Å². The largest absolute Gasteiger partial charge is 0.456 e. The highest BCUT2D eigenvalue weighted by Gasteiger charge is 2.23. The third-order valence-electron chi connectivity index (χ3n) is 10.3. The van der Waals surface area contributed by atoms with Gasteiger partial charge in [-0.05, 0) is 53.1 Å². The Morgan fingerprint density at radius 1 is 0.357 bits per heavy atom. The van der Waals surface area contributed by atoms with Crippen LogP contribution in [0.3, 0.4) is 0 Å². The van der Waals surface area contributed by atoms with Crippen molar-refractivity contribution >= 4 is 39.0 Å². The van der Waals surface area contributed by atoms with Gasteiger partial charge in [-0.2, -0.15) is 0 Å². The zero-order valence-corrected chi connectivity index (χ0v) is 30.5. The maximum Gasteiger partial charge on any atom is 0.160 e. The summed E-state index contributed by atoms with van der Waals surface area (Å²) < 4.78 is 6.73. The van der Waals surface area contributed by atoms with Crippen molar-refractivity contribution in [3.05, 3.63) is 212 Å². The van der Waals surface area contributed by atoms with Crippen molar-refractivity contribution in [3.8, 4) is 56.2 Å². The first-order chi connectivity index (χ1) is 27.8. The number of rotatable bonds is 8. The molecule has 56 heavy (non-hydrogen) atoms. The van der Waals surface area contributed by atoms with Crippen LogP contribution in [0.25, 0.3) is 78.1 Å². The second kappa shape index (κ2) is 14.3. The summed E-state index contributed by atoms with van der Waals surface area (Å²) >= 11 is 0. The van der Waals surface area contributed by atoms with Gasteiger partial charge in [0.1, 0.15) is 11.2 Å². The fraction of sp³-hybridized carbons (Fsp3) is 0. The fourth-order valence-corrected chi connectivity index (χ4v) is 7.62. The normalized spacial score (nSPS) is 11.2. The Labute approximate surface area is 325 Å². The van der Waals surface area contributed by atoms with Crippen molar-refractivity contribution in [1.82, 2.24) is 9.97 Å². The van der Waals surface area contributed by atoms with Crippen molar-refractivity contribution in [3.63, 3.8) is 0 Å². The lowest BCUT2D eigenvalue weighted by Crippen LogP contribution is -2.11. The highest BCUT2D eigenvalue weighted by atomic mass is 16.3. The van der Waals surface area contributed by atoms with Crippen LogP contribution in [-0.4, -0.2) is 9.97 Å². The summed E-state index contributed by atoms with van der Waals surface area (Å²) in [5.41, 5.74) is 13.8. The van der Waals surface area contributed by atoms with E-state index in [-0.39, 0.29) is 0 Å². The summed E-state index contributed by atoms with van der Waals surface area (Å²) in [6.07, 6.45) is 0. The first kappa shape index (κ1) is 33.0. The maximum atomic E-state index is 6.73. The van der Waals surface area contributed by atoms with Crippen molar-refractivity contribution in [1.29, 1.82) is 0 Å². The number of furan rings is 1. The van der Waals surface area contributed by atoms with Crippen LogP contribution >= 0.6 is 0 Å². The molecule has 10 aromatic rings. The zero-order chi connectivity index (χ0) is 37.3. The number of aromatic nitrogens is 2. The Balaban J connectivity index is 1.25. The highest BCUT2D eigenvalue weighted by Crippen LogP contribution is 2.46. The van der Waals surface area contributed by atoms with Crippen LogP contribution in [-0.2, 0) is 0 Å². The first-order valence-electron chi connectivity index (χ1n) is 18.8. The number of hydrogen-bond donors (Lipinski definition) is 0. The smallest absolute Gasteiger partial charge is 0.160 e. The maximum absolute atomic E-state index is 6.73. The van der Waals surface area contributed by atoms with Crippen LogP contribution in [0.2, 0.25) is 0 Å². The van der Waals surface area contributed by atoms with Crippen molar-refractivity contribution in [2.75, 3.05) is 4.90 Å². The molecule has 0 amide bonds. The lowest BCUT2D eigenvalue weighted by Gasteiger charge is -2.28. The molecule has 264 valence electrons. The van der Waals surface area contributed by atoms with E-state index in [4.69, 9.17) is 14.4 Å². The van der Waals surface area contributed by atoms with Crippen LogP contribution in [0, 0.1) is 0 Å². The van der Waals surface area contributed by atoms with Crippen LogP contribution < -0.4 is 4.90 Å². The zero-order valence-electron chi connectivity index (χ0n) is 30.5. The molecule has 0 fully saturated rings. The van der Waals surface area contributed by atoms with Gasteiger partial charge < -0.3 is 9.32 Å². The molecule has 4 heteroatoms. The lowest BCUT2D eigenvalue weighted by atomic mass is 9.98. The topological polar surface area (TPSA) is 42.2 Å². The van der Waals surface area contributed by atoms with Gasteiger partial charge in [0.15, 0.2) is 5.82 Å². The van der Waals surface area contributed by atoms with Crippen LogP contribution in [0.4, 0.5) is 17.1 Å². The molecule has 0 N–H and O–H groups in total. The average molecular weight is 718 g/mol. The Hall–Kier alpha value is -7.56. The monoisotopic (exact) mass is 717 g/mol. The quantitative estimate of drug-likeness (QED) is 0.157. The molecule has 8 aromatic carbocycles. The number of nitrogens with zero attached hydrogens (tertiary/aromatic N) is 3. The van der Waals surface area contributed by atoms with Gasteiger partial charge in [0.05, 0.1) is 22.8 Å². The van der Waals surface area contributed by atoms with Gasteiger partial charge in [0.25, 0.3) is 0 Å². The highest BCUT2D eigenvalue weighted by molar-refractivity contribution is 6.14. The van der Waals surface area contributed by atoms with Gasteiger partial charge in [-0.15, -0.1) is 0 Å². The molecule has 2 aromatic heterocycles. The van der Waals surface area contributed by atoms with Crippen molar-refractivity contribution in [2.24, 2.45) is 0 Å². The Morgan fingerprint density at radius 3 is 1.62 bits per heavy atom. The van der Waals surface area contributed by atoms with E-state index in [0.29, 0.717) is 5.82 Å². The minimum absolute atomic E-state index is 0.663. The first-order valence-corrected chi connectivity index (χ1v) is 18.8. The molecule has 0 atom stereocenters. The Bertz CT molecular complexity index is 2880. The third kappa shape index (κ3) is 6.19. The van der Waals surface area contributed by atoms with E-state index in [0.717, 1.165) is 83.8 Å². The fourth-order valence-electron chi connectivity index (χ4n) is 7.62. The van der Waals surface area contributed by atoms with Gasteiger partial charge >= 0.3 is 0 Å². The second-order valence-electron chi connectivity index (χ2n) is 13.8. The summed E-state index contributed by atoms with van der Waals surface area (Å²) in [6.45, 7) is 0. The van der Waals surface area contributed by atoms with Crippen molar-refractivity contribution < 1.29 is 4.42 Å². The SMILES string of the molecule is c1ccc(-c2ccc(N(c3cc(-c4cc(-c5ccccc5)nc(-c5ccccc5)n4)c4c(c3)oc3ccccc34)c3ccccc3-c3ccccc3)cc2)cc1. The average Bonchev–Trinajstić information content (AvgIpc) is 3.66. The van der Waals surface area contributed by atoms with E-state index < -0.39 is 0 Å². The number of para-hydroxylation sites is 2. The van der Waals surface area contributed by atoms with E-state index >= 15 is 0 Å². The predicted molar refractivity (Wildman–Crippen MR) is 231 cm³/mol. The summed E-state index contributed by atoms with van der Waals surface area (Å²) in [6, 6.07) is 73.8. The minimum atomic E-state index is 0.663. The molecular formula is C52H35N3O. The number of benzene rings is 8. The molecule has 0 aliphatic heterocycles. The third-order valence-corrected chi connectivity index (χ3v) is 10.3. The number of fused-ring (bicyclic) bond motifs is 3. The molecule has 0 bridgehead atoms. The molecule has 2 heterocycles. The molecular weight excluding hydrogens is 683 g/mol. The molecule has 4 nitrogen and oxygen atoms in total. The number of anilines is 3. The standard InChI is InChI=1S/C52H35N3O/c1-5-17-36(18-6-1)37-29-31-41(32-30-37)55(48-27-15-13-25-43(48)38-19-7-2-8-20-38)42-33-45(51-44-26-14-16-28-49(44)56-50(51)34-42)47-35-46(39-21-9-3-10-22-39)53-52(54-47)40-23-11-4-12-24-40/h1-35H. The van der Waals surface area contributed by atoms with E-state index in [9.17, 15) is 0 Å². The molecule has 0 aliphatic rings. The summed E-state index contributed by atoms with van der Waals surface area (Å²) in [7, 11) is 0. The molecule has 0 radical (unpaired) electrons. The van der Waals surface area contributed by atoms with Crippen LogP contribution in [0.5, 0.6) is 0 Å². The second-order valence-corrected chi connectivity index (χ2v) is 13.8. The summed E-state index contributed by atoms with van der Waals surface area (Å²) in [5, 5.41) is 2.05. The van der Waals surface area contributed by atoms with Gasteiger partial charge in [-0.25, -0.2) is 9.97 Å². The van der Waals surface area contributed by atoms with Gasteiger partial charge in [0, 0.05) is 44.8 Å². The van der Waals surface area contributed by atoms with Gasteiger partial charge in [0.2, 0.25) is 0 Å². The van der Waals surface area contributed by atoms with Gasteiger partial charge in [-0.3, -0.25) is 0 Å². The Morgan fingerprint density at radius 2 is 0.911 bits per heavy atom. The minimum Gasteiger partial charge on any atom is -0.456 e. The molecule has 0 aliphatic carbocycles. The van der Waals surface area contributed by atoms with E-state index in [1.807, 2.05) is 48.5 Å². The van der Waals surface area contributed by atoms with Crippen LogP contribution in [0.1, 0.15) is 0 Å². The predicted octanol–water partition coefficient (Wildman–Crippen LogP) is 14.2.